The van der Waals surface area contributed by atoms with Crippen LogP contribution in [-0.2, 0) is 0 Å². The smallest absolute Gasteiger partial charge is 0.165 e. The van der Waals surface area contributed by atoms with E-state index in [1.807, 2.05) is 0 Å². The van der Waals surface area contributed by atoms with Crippen LogP contribution in [0.4, 0.5) is 8.78 Å². The fraction of sp³-hybridized carbons (Fsp3) is 0.200. The molecule has 0 radical (unpaired) electrons. The summed E-state index contributed by atoms with van der Waals surface area (Å²) in [5, 5.41) is 10.2. The van der Waals surface area contributed by atoms with Gasteiger partial charge >= 0.3 is 0 Å². The van der Waals surface area contributed by atoms with Crippen LogP contribution in [0.1, 0.15) is 22.8 Å². The number of hydrogen-bond acceptors (Lipinski definition) is 2. The molecule has 0 aliphatic rings. The third-order valence-electron chi connectivity index (χ3n) is 2.99. The van der Waals surface area contributed by atoms with E-state index in [0.717, 1.165) is 0 Å². The van der Waals surface area contributed by atoms with Crippen molar-refractivity contribution in [2.45, 2.75) is 13.0 Å². The lowest BCUT2D eigenvalue weighted by atomic mass is 9.99. The number of hydrogen-bond donors (Lipinski definition) is 1. The molecule has 2 aromatic carbocycles. The molecule has 2 aromatic rings. The molecule has 0 heterocycles. The summed E-state index contributed by atoms with van der Waals surface area (Å²) in [5.74, 6) is -0.753. The number of aryl methyl sites for hydroxylation is 1. The molecule has 0 amide bonds. The molecule has 4 heteroatoms. The summed E-state index contributed by atoms with van der Waals surface area (Å²) in [6.07, 6.45) is -0.950. The maximum atomic E-state index is 13.3. The number of methoxy groups -OCH3 is 1. The van der Waals surface area contributed by atoms with Crippen molar-refractivity contribution in [1.29, 1.82) is 0 Å². The van der Waals surface area contributed by atoms with Crippen molar-refractivity contribution in [3.8, 4) is 5.75 Å². The molecular weight excluding hydrogens is 250 g/mol. The van der Waals surface area contributed by atoms with E-state index in [4.69, 9.17) is 4.74 Å². The van der Waals surface area contributed by atoms with Crippen LogP contribution in [0.2, 0.25) is 0 Å². The molecule has 1 unspecified atom stereocenters. The number of benzene rings is 2. The summed E-state index contributed by atoms with van der Waals surface area (Å²) >= 11 is 0. The van der Waals surface area contributed by atoms with Crippen LogP contribution < -0.4 is 4.74 Å². The van der Waals surface area contributed by atoms with Crippen LogP contribution in [0.5, 0.6) is 5.75 Å². The molecule has 0 aromatic heterocycles. The van der Waals surface area contributed by atoms with Gasteiger partial charge in [0.2, 0.25) is 0 Å². The van der Waals surface area contributed by atoms with E-state index in [1.54, 1.807) is 13.0 Å². The van der Waals surface area contributed by atoms with Gasteiger partial charge in [0.05, 0.1) is 7.11 Å². The Morgan fingerprint density at radius 2 is 1.58 bits per heavy atom. The highest BCUT2D eigenvalue weighted by molar-refractivity contribution is 5.37. The lowest BCUT2D eigenvalue weighted by Crippen LogP contribution is -2.02. The van der Waals surface area contributed by atoms with Gasteiger partial charge in [0.15, 0.2) is 11.6 Å². The number of halogens is 2. The maximum absolute atomic E-state index is 13.3. The van der Waals surface area contributed by atoms with E-state index in [9.17, 15) is 13.9 Å². The van der Waals surface area contributed by atoms with Crippen molar-refractivity contribution in [2.75, 3.05) is 7.11 Å². The molecule has 0 saturated heterocycles. The molecule has 0 saturated carbocycles. The minimum absolute atomic E-state index is 0.0652. The molecule has 2 nitrogen and oxygen atoms in total. The van der Waals surface area contributed by atoms with Gasteiger partial charge in [-0.1, -0.05) is 18.2 Å². The van der Waals surface area contributed by atoms with E-state index in [1.165, 1.54) is 37.4 Å². The van der Waals surface area contributed by atoms with Crippen LogP contribution in [-0.4, -0.2) is 12.2 Å². The third kappa shape index (κ3) is 2.74. The third-order valence-corrected chi connectivity index (χ3v) is 2.99. The largest absolute Gasteiger partial charge is 0.494 e. The second-order valence-corrected chi connectivity index (χ2v) is 4.31. The summed E-state index contributed by atoms with van der Waals surface area (Å²) in [6, 6.07) is 8.50. The van der Waals surface area contributed by atoms with Crippen molar-refractivity contribution in [1.82, 2.24) is 0 Å². The minimum Gasteiger partial charge on any atom is -0.494 e. The van der Waals surface area contributed by atoms with Crippen LogP contribution in [0.3, 0.4) is 0 Å². The molecule has 19 heavy (non-hydrogen) atoms. The van der Waals surface area contributed by atoms with Gasteiger partial charge in [0.25, 0.3) is 0 Å². The molecule has 0 fully saturated rings. The quantitative estimate of drug-likeness (QED) is 0.921. The van der Waals surface area contributed by atoms with Gasteiger partial charge in [-0.15, -0.1) is 0 Å². The van der Waals surface area contributed by atoms with Crippen LogP contribution in [0.15, 0.2) is 36.4 Å². The molecule has 0 aliphatic carbocycles. The van der Waals surface area contributed by atoms with E-state index in [2.05, 4.69) is 0 Å². The van der Waals surface area contributed by atoms with Gasteiger partial charge < -0.3 is 9.84 Å². The summed E-state index contributed by atoms with van der Waals surface area (Å²) in [5.41, 5.74) is 1.49. The van der Waals surface area contributed by atoms with Gasteiger partial charge in [-0.3, -0.25) is 0 Å². The average molecular weight is 264 g/mol. The monoisotopic (exact) mass is 264 g/mol. The number of rotatable bonds is 3. The molecule has 1 atom stereocenters. The molecule has 100 valence electrons. The minimum atomic E-state index is -0.950. The van der Waals surface area contributed by atoms with Crippen molar-refractivity contribution >= 4 is 0 Å². The van der Waals surface area contributed by atoms with Crippen molar-refractivity contribution in [3.63, 3.8) is 0 Å². The van der Waals surface area contributed by atoms with Gasteiger partial charge in [-0.05, 0) is 41.8 Å². The SMILES string of the molecule is COc1cc(C(O)c2ccc(F)c(C)c2)ccc1F. The Morgan fingerprint density at radius 3 is 2.16 bits per heavy atom. The number of aliphatic hydroxyl groups excluding tert-OH is 1. The van der Waals surface area contributed by atoms with Gasteiger partial charge in [0, 0.05) is 0 Å². The predicted octanol–water partition coefficient (Wildman–Crippen LogP) is 3.36. The topological polar surface area (TPSA) is 29.5 Å². The predicted molar refractivity (Wildman–Crippen MR) is 68.2 cm³/mol. The van der Waals surface area contributed by atoms with Crippen molar-refractivity contribution < 1.29 is 18.6 Å². The Balaban J connectivity index is 2.37. The molecular formula is C15H14F2O2. The first-order chi connectivity index (χ1) is 9.02. The molecule has 0 aliphatic heterocycles. The Morgan fingerprint density at radius 1 is 1.00 bits per heavy atom. The van der Waals surface area contributed by atoms with E-state index in [0.29, 0.717) is 16.7 Å². The Kier molecular flexibility index (Phi) is 3.81. The maximum Gasteiger partial charge on any atom is 0.165 e. The first-order valence-electron chi connectivity index (χ1n) is 5.80. The molecule has 0 spiro atoms. The van der Waals surface area contributed by atoms with E-state index in [-0.39, 0.29) is 11.6 Å². The highest BCUT2D eigenvalue weighted by Crippen LogP contribution is 2.27. The molecule has 2 rings (SSSR count). The summed E-state index contributed by atoms with van der Waals surface area (Å²) in [6.45, 7) is 1.62. The first-order valence-corrected chi connectivity index (χ1v) is 5.80. The van der Waals surface area contributed by atoms with Crippen molar-refractivity contribution in [3.05, 3.63) is 64.7 Å². The molecule has 0 bridgehead atoms. The Labute approximate surface area is 110 Å². The number of aliphatic hydroxyl groups is 1. The summed E-state index contributed by atoms with van der Waals surface area (Å²) in [4.78, 5) is 0. The fourth-order valence-corrected chi connectivity index (χ4v) is 1.88. The van der Waals surface area contributed by atoms with Crippen LogP contribution >= 0.6 is 0 Å². The van der Waals surface area contributed by atoms with Gasteiger partial charge in [0.1, 0.15) is 11.9 Å². The molecule has 1 N–H and O–H groups in total. The standard InChI is InChI=1S/C15H14F2O2/c1-9-7-10(3-5-12(9)16)15(18)11-4-6-13(17)14(8-11)19-2/h3-8,15,18H,1-2H3. The number of ether oxygens (including phenoxy) is 1. The summed E-state index contributed by atoms with van der Waals surface area (Å²) in [7, 11) is 1.36. The highest BCUT2D eigenvalue weighted by atomic mass is 19.1. The first kappa shape index (κ1) is 13.5. The Hall–Kier alpha value is -1.94. The van der Waals surface area contributed by atoms with Crippen LogP contribution in [0, 0.1) is 18.6 Å². The van der Waals surface area contributed by atoms with E-state index < -0.39 is 11.9 Å². The normalized spacial score (nSPS) is 12.3. The zero-order valence-electron chi connectivity index (χ0n) is 10.7. The van der Waals surface area contributed by atoms with Gasteiger partial charge in [-0.25, -0.2) is 8.78 Å². The zero-order valence-corrected chi connectivity index (χ0v) is 10.7. The summed E-state index contributed by atoms with van der Waals surface area (Å²) < 4.78 is 31.4. The van der Waals surface area contributed by atoms with Crippen molar-refractivity contribution in [2.24, 2.45) is 0 Å². The fourth-order valence-electron chi connectivity index (χ4n) is 1.88. The average Bonchev–Trinajstić information content (AvgIpc) is 2.41. The lowest BCUT2D eigenvalue weighted by molar-refractivity contribution is 0.219. The second kappa shape index (κ2) is 5.36. The Bertz CT molecular complexity index is 597. The van der Waals surface area contributed by atoms with Gasteiger partial charge in [-0.2, -0.15) is 0 Å². The highest BCUT2D eigenvalue weighted by Gasteiger charge is 2.14. The second-order valence-electron chi connectivity index (χ2n) is 4.31. The van der Waals surface area contributed by atoms with Crippen LogP contribution in [0.25, 0.3) is 0 Å². The zero-order chi connectivity index (χ0) is 14.0. The lowest BCUT2D eigenvalue weighted by Gasteiger charge is -2.14. The van der Waals surface area contributed by atoms with E-state index >= 15 is 0 Å².